The highest BCUT2D eigenvalue weighted by atomic mass is 31.2. The maximum atomic E-state index is 12.4. The molecule has 10 nitrogen and oxygen atoms in total. The van der Waals surface area contributed by atoms with Crippen LogP contribution >= 0.6 is 7.82 Å². The lowest BCUT2D eigenvalue weighted by atomic mass is 10.1. The monoisotopic (exact) mass is 672 g/mol. The van der Waals surface area contributed by atoms with Crippen molar-refractivity contribution in [2.45, 2.75) is 122 Å². The predicted octanol–water partition coefficient (Wildman–Crippen LogP) is 7.80. The van der Waals surface area contributed by atoms with Crippen LogP contribution in [0.25, 0.3) is 0 Å². The Morgan fingerprint density at radius 1 is 0.717 bits per heavy atom. The molecule has 2 atom stereocenters. The van der Waals surface area contributed by atoms with E-state index in [9.17, 15) is 23.8 Å². The van der Waals surface area contributed by atoms with E-state index in [1.165, 1.54) is 0 Å². The fourth-order valence-electron chi connectivity index (χ4n) is 4.18. The van der Waals surface area contributed by atoms with E-state index >= 15 is 0 Å². The van der Waals surface area contributed by atoms with E-state index in [-0.39, 0.29) is 26.1 Å². The van der Waals surface area contributed by atoms with Crippen LogP contribution in [-0.4, -0.2) is 81.2 Å². The predicted molar refractivity (Wildman–Crippen MR) is 183 cm³/mol. The third kappa shape index (κ3) is 31.9. The number of rotatable bonds is 31. The Morgan fingerprint density at radius 2 is 1.26 bits per heavy atom. The second-order valence-electron chi connectivity index (χ2n) is 12.5. The second kappa shape index (κ2) is 29.1. The summed E-state index contributed by atoms with van der Waals surface area (Å²) in [6, 6.07) is 0. The first kappa shape index (κ1) is 43.9. The summed E-state index contributed by atoms with van der Waals surface area (Å²) >= 11 is 0. The van der Waals surface area contributed by atoms with E-state index in [2.05, 4.69) is 43.4 Å². The Hall–Kier alpha value is -2.10. The number of ether oxygens (including phenoxy) is 2. The van der Waals surface area contributed by atoms with Crippen molar-refractivity contribution in [1.29, 1.82) is 0 Å². The summed E-state index contributed by atoms with van der Waals surface area (Å²) in [7, 11) is 1.39. The largest absolute Gasteiger partial charge is 0.472 e. The van der Waals surface area contributed by atoms with Crippen molar-refractivity contribution < 1.29 is 46.8 Å². The maximum Gasteiger partial charge on any atom is 0.472 e. The number of carbonyl (C=O) groups is 3. The van der Waals surface area contributed by atoms with Gasteiger partial charge in [0.1, 0.15) is 26.0 Å². The Morgan fingerprint density at radius 3 is 1.87 bits per heavy atom. The topological polar surface area (TPSA) is 125 Å². The molecule has 0 aliphatic carbocycles. The van der Waals surface area contributed by atoms with Gasteiger partial charge in [0.25, 0.3) is 0 Å². The zero-order valence-electron chi connectivity index (χ0n) is 29.1. The van der Waals surface area contributed by atoms with Crippen LogP contribution in [0.5, 0.6) is 0 Å². The first-order valence-electron chi connectivity index (χ1n) is 17.1. The molecule has 0 fully saturated rings. The Labute approximate surface area is 278 Å². The van der Waals surface area contributed by atoms with Crippen molar-refractivity contribution >= 4 is 26.0 Å². The third-order valence-corrected chi connectivity index (χ3v) is 7.89. The lowest BCUT2D eigenvalue weighted by Gasteiger charge is -2.24. The number of aldehydes is 1. The van der Waals surface area contributed by atoms with Gasteiger partial charge in [0, 0.05) is 19.3 Å². The molecule has 0 radical (unpaired) electrons. The summed E-state index contributed by atoms with van der Waals surface area (Å²) in [6.07, 6.45) is 27.0. The van der Waals surface area contributed by atoms with Crippen LogP contribution in [0.3, 0.4) is 0 Å². The minimum absolute atomic E-state index is 0.00922. The fraction of sp³-hybridized carbons (Fsp3) is 0.743. The quantitative estimate of drug-likeness (QED) is 0.0196. The van der Waals surface area contributed by atoms with Crippen LogP contribution < -0.4 is 0 Å². The number of nitrogens with zero attached hydrogens (tertiary/aromatic N) is 1. The van der Waals surface area contributed by atoms with E-state index < -0.39 is 32.5 Å². The van der Waals surface area contributed by atoms with Gasteiger partial charge in [-0.2, -0.15) is 0 Å². The number of unbranched alkanes of at least 4 members (excludes halogenated alkanes) is 10. The van der Waals surface area contributed by atoms with E-state index in [0.29, 0.717) is 30.3 Å². The van der Waals surface area contributed by atoms with Crippen LogP contribution in [-0.2, 0) is 37.5 Å². The van der Waals surface area contributed by atoms with Crippen molar-refractivity contribution in [2.75, 3.05) is 47.5 Å². The molecule has 1 unspecified atom stereocenters. The van der Waals surface area contributed by atoms with Crippen molar-refractivity contribution in [1.82, 2.24) is 0 Å². The summed E-state index contributed by atoms with van der Waals surface area (Å²) < 4.78 is 33.8. The van der Waals surface area contributed by atoms with E-state index in [1.807, 2.05) is 21.1 Å². The third-order valence-electron chi connectivity index (χ3n) is 6.90. The molecule has 0 heterocycles. The van der Waals surface area contributed by atoms with Gasteiger partial charge in [-0.25, -0.2) is 4.57 Å². The average Bonchev–Trinajstić information content (AvgIpc) is 2.99. The highest BCUT2D eigenvalue weighted by molar-refractivity contribution is 7.47. The maximum absolute atomic E-state index is 12.4. The second-order valence-corrected chi connectivity index (χ2v) is 13.9. The van der Waals surface area contributed by atoms with Crippen LogP contribution in [0.15, 0.2) is 36.5 Å². The number of allylic oxidation sites excluding steroid dienone is 6. The molecule has 11 heteroatoms. The smallest absolute Gasteiger partial charge is 0.462 e. The molecule has 0 saturated carbocycles. The molecular formula is C35H63NO9P+. The van der Waals surface area contributed by atoms with Gasteiger partial charge in [0.05, 0.1) is 27.7 Å². The highest BCUT2D eigenvalue weighted by Crippen LogP contribution is 2.43. The van der Waals surface area contributed by atoms with Gasteiger partial charge in [-0.15, -0.1) is 0 Å². The van der Waals surface area contributed by atoms with E-state index in [1.54, 1.807) is 0 Å². The SMILES string of the molecule is CC/C=C\C/C=C\C/C=C\CCCCCCCC(=O)OC[C@H](COP(=O)(O)OCC[N+](C)(C)C)OC(=O)CCCCCCCC=O. The van der Waals surface area contributed by atoms with Gasteiger partial charge in [-0.3, -0.25) is 18.6 Å². The van der Waals surface area contributed by atoms with Crippen molar-refractivity contribution in [3.05, 3.63) is 36.5 Å². The minimum atomic E-state index is -4.39. The van der Waals surface area contributed by atoms with Crippen LogP contribution in [0, 0.1) is 0 Å². The number of quaternary nitrogens is 1. The number of hydrogen-bond donors (Lipinski definition) is 1. The molecule has 266 valence electrons. The van der Waals surface area contributed by atoms with Gasteiger partial charge in [-0.05, 0) is 51.4 Å². The molecule has 0 rings (SSSR count). The molecular weight excluding hydrogens is 609 g/mol. The van der Waals surface area contributed by atoms with Gasteiger partial charge >= 0.3 is 19.8 Å². The number of likely N-dealkylation sites (N-methyl/N-ethyl adjacent to an activating group) is 1. The molecule has 46 heavy (non-hydrogen) atoms. The van der Waals surface area contributed by atoms with Crippen LogP contribution in [0.4, 0.5) is 0 Å². The van der Waals surface area contributed by atoms with E-state index in [0.717, 1.165) is 83.3 Å². The highest BCUT2D eigenvalue weighted by Gasteiger charge is 2.27. The molecule has 0 aromatic rings. The standard InChI is InChI=1S/C35H62NO9P/c1-5-6-7-8-9-10-11-12-13-14-15-16-17-20-23-26-34(38)42-31-33(32-44-46(40,41)43-30-28-36(2,3)4)45-35(39)27-24-21-18-19-22-25-29-37/h6-7,9-10,12-13,29,33H,5,8,11,14-28,30-32H2,1-4H3/p+1/b7-6-,10-9-,13-12-/t33-/m1/s1. The summed E-state index contributed by atoms with van der Waals surface area (Å²) in [5.41, 5.74) is 0. The summed E-state index contributed by atoms with van der Waals surface area (Å²) in [5.74, 6) is -0.911. The number of phosphoric acid groups is 1. The first-order valence-corrected chi connectivity index (χ1v) is 18.6. The number of carbonyl (C=O) groups excluding carboxylic acids is 3. The molecule has 0 spiro atoms. The Kier molecular flexibility index (Phi) is 27.7. The van der Waals surface area contributed by atoms with Crippen molar-refractivity contribution in [2.24, 2.45) is 0 Å². The van der Waals surface area contributed by atoms with Gasteiger partial charge < -0.3 is 23.6 Å². The fourth-order valence-corrected chi connectivity index (χ4v) is 4.92. The number of hydrogen-bond acceptors (Lipinski definition) is 8. The Balaban J connectivity index is 4.43. The number of esters is 2. The minimum Gasteiger partial charge on any atom is -0.462 e. The van der Waals surface area contributed by atoms with Gasteiger partial charge in [0.2, 0.25) is 0 Å². The summed E-state index contributed by atoms with van der Waals surface area (Å²) in [6.45, 7) is 1.92. The molecule has 0 bridgehead atoms. The van der Waals surface area contributed by atoms with Crippen molar-refractivity contribution in [3.8, 4) is 0 Å². The molecule has 0 aromatic heterocycles. The molecule has 0 saturated heterocycles. The normalized spacial score (nSPS) is 14.2. The summed E-state index contributed by atoms with van der Waals surface area (Å²) in [4.78, 5) is 45.2. The van der Waals surface area contributed by atoms with Crippen LogP contribution in [0.2, 0.25) is 0 Å². The molecule has 1 N–H and O–H groups in total. The van der Waals surface area contributed by atoms with E-state index in [4.69, 9.17) is 18.5 Å². The molecule has 0 aliphatic heterocycles. The summed E-state index contributed by atoms with van der Waals surface area (Å²) in [5, 5.41) is 0. The molecule has 0 amide bonds. The number of phosphoric ester groups is 1. The molecule has 0 aliphatic rings. The van der Waals surface area contributed by atoms with Gasteiger partial charge in [-0.1, -0.05) is 81.9 Å². The zero-order valence-corrected chi connectivity index (χ0v) is 30.0. The van der Waals surface area contributed by atoms with Crippen molar-refractivity contribution in [3.63, 3.8) is 0 Å². The van der Waals surface area contributed by atoms with Crippen LogP contribution in [0.1, 0.15) is 116 Å². The Bertz CT molecular complexity index is 928. The lowest BCUT2D eigenvalue weighted by molar-refractivity contribution is -0.870. The first-order chi connectivity index (χ1) is 22.0. The van der Waals surface area contributed by atoms with Gasteiger partial charge in [0.15, 0.2) is 6.10 Å². The zero-order chi connectivity index (χ0) is 34.4. The average molecular weight is 673 g/mol. The lowest BCUT2D eigenvalue weighted by Crippen LogP contribution is -2.37. The molecule has 0 aromatic carbocycles.